The minimum absolute atomic E-state index is 0.584. The first-order chi connectivity index (χ1) is 7.34. The summed E-state index contributed by atoms with van der Waals surface area (Å²) in [5, 5.41) is 7.05. The Morgan fingerprint density at radius 1 is 1.27 bits per heavy atom. The van der Waals surface area contributed by atoms with Gasteiger partial charge in [-0.3, -0.25) is 0 Å². The maximum Gasteiger partial charge on any atom is 0.0206 e. The maximum atomic E-state index is 3.58. The molecule has 15 heavy (non-hydrogen) atoms. The van der Waals surface area contributed by atoms with Crippen LogP contribution in [0.15, 0.2) is 30.3 Å². The maximum absolute atomic E-state index is 3.58. The summed E-state index contributed by atoms with van der Waals surface area (Å²) in [5.74, 6) is 0. The van der Waals surface area contributed by atoms with Gasteiger partial charge in [0, 0.05) is 25.2 Å². The van der Waals surface area contributed by atoms with Gasteiger partial charge in [0.25, 0.3) is 0 Å². The molecule has 2 rings (SSSR count). The Morgan fingerprint density at radius 2 is 2.00 bits per heavy atom. The van der Waals surface area contributed by atoms with E-state index in [0.29, 0.717) is 6.04 Å². The molecule has 0 amide bonds. The molecule has 2 heteroatoms. The van der Waals surface area contributed by atoms with E-state index in [2.05, 4.69) is 47.9 Å². The van der Waals surface area contributed by atoms with Crippen LogP contribution in [0.3, 0.4) is 0 Å². The average Bonchev–Trinajstić information content (AvgIpc) is 3.03. The Hall–Kier alpha value is -0.860. The fourth-order valence-corrected chi connectivity index (χ4v) is 1.74. The Kier molecular flexibility index (Phi) is 3.75. The zero-order valence-electron chi connectivity index (χ0n) is 9.37. The zero-order valence-corrected chi connectivity index (χ0v) is 9.37. The molecule has 82 valence electrons. The van der Waals surface area contributed by atoms with E-state index in [1.54, 1.807) is 0 Å². The quantitative estimate of drug-likeness (QED) is 0.739. The van der Waals surface area contributed by atoms with Crippen LogP contribution in [0, 0.1) is 0 Å². The van der Waals surface area contributed by atoms with Crippen LogP contribution in [0.1, 0.15) is 25.3 Å². The van der Waals surface area contributed by atoms with E-state index in [9.17, 15) is 0 Å². The standard InChI is InChI=1S/C13H20N2/c1-11(15-13-7-8-13)9-14-10-12-5-3-2-4-6-12/h2-6,11,13-15H,7-10H2,1H3. The first-order valence-corrected chi connectivity index (χ1v) is 5.85. The summed E-state index contributed by atoms with van der Waals surface area (Å²) in [6.45, 7) is 4.26. The molecule has 1 saturated carbocycles. The molecule has 0 heterocycles. The molecule has 1 fully saturated rings. The highest BCUT2D eigenvalue weighted by Crippen LogP contribution is 2.19. The van der Waals surface area contributed by atoms with Crippen molar-refractivity contribution < 1.29 is 0 Å². The van der Waals surface area contributed by atoms with Gasteiger partial charge in [-0.05, 0) is 25.3 Å². The summed E-state index contributed by atoms with van der Waals surface area (Å²) in [6, 6.07) is 11.9. The molecule has 0 radical (unpaired) electrons. The molecule has 0 saturated heterocycles. The number of nitrogens with one attached hydrogen (secondary N) is 2. The van der Waals surface area contributed by atoms with E-state index >= 15 is 0 Å². The van der Waals surface area contributed by atoms with E-state index in [1.807, 2.05) is 0 Å². The van der Waals surface area contributed by atoms with Gasteiger partial charge in [-0.1, -0.05) is 30.3 Å². The number of hydrogen-bond donors (Lipinski definition) is 2. The van der Waals surface area contributed by atoms with Gasteiger partial charge in [0.15, 0.2) is 0 Å². The highest BCUT2D eigenvalue weighted by atomic mass is 15.0. The topological polar surface area (TPSA) is 24.1 Å². The fourth-order valence-electron chi connectivity index (χ4n) is 1.74. The molecule has 1 unspecified atom stereocenters. The number of rotatable bonds is 6. The predicted octanol–water partition coefficient (Wildman–Crippen LogP) is 1.92. The average molecular weight is 204 g/mol. The first kappa shape index (κ1) is 10.7. The van der Waals surface area contributed by atoms with E-state index in [0.717, 1.165) is 19.1 Å². The van der Waals surface area contributed by atoms with Crippen molar-refractivity contribution in [2.45, 2.75) is 38.4 Å². The van der Waals surface area contributed by atoms with Crippen LogP contribution < -0.4 is 10.6 Å². The molecule has 1 atom stereocenters. The largest absolute Gasteiger partial charge is 0.311 e. The molecular formula is C13H20N2. The lowest BCUT2D eigenvalue weighted by molar-refractivity contribution is 0.499. The van der Waals surface area contributed by atoms with Crippen molar-refractivity contribution >= 4 is 0 Å². The van der Waals surface area contributed by atoms with E-state index in [-0.39, 0.29) is 0 Å². The minimum Gasteiger partial charge on any atom is -0.311 e. The number of hydrogen-bond acceptors (Lipinski definition) is 2. The van der Waals surface area contributed by atoms with E-state index < -0.39 is 0 Å². The van der Waals surface area contributed by atoms with Gasteiger partial charge in [-0.2, -0.15) is 0 Å². The zero-order chi connectivity index (χ0) is 10.5. The van der Waals surface area contributed by atoms with Crippen molar-refractivity contribution in [2.24, 2.45) is 0 Å². The summed E-state index contributed by atoms with van der Waals surface area (Å²) in [6.07, 6.45) is 2.73. The van der Waals surface area contributed by atoms with Crippen molar-refractivity contribution in [1.82, 2.24) is 10.6 Å². The molecule has 0 aromatic heterocycles. The second kappa shape index (κ2) is 5.29. The summed E-state index contributed by atoms with van der Waals surface area (Å²) in [7, 11) is 0. The van der Waals surface area contributed by atoms with E-state index in [4.69, 9.17) is 0 Å². The summed E-state index contributed by atoms with van der Waals surface area (Å²) < 4.78 is 0. The van der Waals surface area contributed by atoms with Crippen molar-refractivity contribution in [3.63, 3.8) is 0 Å². The van der Waals surface area contributed by atoms with Gasteiger partial charge in [0.05, 0.1) is 0 Å². The Bertz CT molecular complexity index is 280. The van der Waals surface area contributed by atoms with Crippen LogP contribution in [0.4, 0.5) is 0 Å². The van der Waals surface area contributed by atoms with E-state index in [1.165, 1.54) is 18.4 Å². The predicted molar refractivity (Wildman–Crippen MR) is 63.8 cm³/mol. The fraction of sp³-hybridized carbons (Fsp3) is 0.538. The molecule has 0 bridgehead atoms. The summed E-state index contributed by atoms with van der Waals surface area (Å²) >= 11 is 0. The highest BCUT2D eigenvalue weighted by Gasteiger charge is 2.22. The molecule has 1 aliphatic rings. The molecule has 2 N–H and O–H groups in total. The Morgan fingerprint density at radius 3 is 2.67 bits per heavy atom. The lowest BCUT2D eigenvalue weighted by Crippen LogP contribution is -2.37. The molecule has 0 spiro atoms. The van der Waals surface area contributed by atoms with Crippen molar-refractivity contribution in [2.75, 3.05) is 6.54 Å². The van der Waals surface area contributed by atoms with Crippen LogP contribution >= 0.6 is 0 Å². The van der Waals surface area contributed by atoms with Crippen molar-refractivity contribution in [3.8, 4) is 0 Å². The summed E-state index contributed by atoms with van der Waals surface area (Å²) in [5.41, 5.74) is 1.36. The SMILES string of the molecule is CC(CNCc1ccccc1)NC1CC1. The van der Waals surface area contributed by atoms with Gasteiger partial charge in [0.1, 0.15) is 0 Å². The van der Waals surface area contributed by atoms with Gasteiger partial charge in [0.2, 0.25) is 0 Å². The van der Waals surface area contributed by atoms with Gasteiger partial charge in [-0.15, -0.1) is 0 Å². The third-order valence-corrected chi connectivity index (χ3v) is 2.72. The minimum atomic E-state index is 0.584. The van der Waals surface area contributed by atoms with Crippen LogP contribution in [-0.4, -0.2) is 18.6 Å². The third kappa shape index (κ3) is 4.02. The Labute approximate surface area is 92.1 Å². The summed E-state index contributed by atoms with van der Waals surface area (Å²) in [4.78, 5) is 0. The Balaban J connectivity index is 1.61. The van der Waals surface area contributed by atoms with Gasteiger partial charge >= 0.3 is 0 Å². The molecule has 1 aliphatic carbocycles. The molecule has 2 nitrogen and oxygen atoms in total. The monoisotopic (exact) mass is 204 g/mol. The second-order valence-electron chi connectivity index (χ2n) is 4.46. The molecule has 0 aliphatic heterocycles. The molecule has 1 aromatic carbocycles. The molecule has 1 aromatic rings. The lowest BCUT2D eigenvalue weighted by atomic mass is 10.2. The van der Waals surface area contributed by atoms with Crippen LogP contribution in [0.2, 0.25) is 0 Å². The highest BCUT2D eigenvalue weighted by molar-refractivity contribution is 5.14. The second-order valence-corrected chi connectivity index (χ2v) is 4.46. The third-order valence-electron chi connectivity index (χ3n) is 2.72. The molecular weight excluding hydrogens is 184 g/mol. The van der Waals surface area contributed by atoms with Gasteiger partial charge in [-0.25, -0.2) is 0 Å². The smallest absolute Gasteiger partial charge is 0.0206 e. The first-order valence-electron chi connectivity index (χ1n) is 5.85. The van der Waals surface area contributed by atoms with Crippen molar-refractivity contribution in [1.29, 1.82) is 0 Å². The van der Waals surface area contributed by atoms with Crippen LogP contribution in [-0.2, 0) is 6.54 Å². The number of benzene rings is 1. The normalized spacial score (nSPS) is 17.7. The van der Waals surface area contributed by atoms with Gasteiger partial charge < -0.3 is 10.6 Å². The van der Waals surface area contributed by atoms with Crippen LogP contribution in [0.25, 0.3) is 0 Å². The van der Waals surface area contributed by atoms with Crippen LogP contribution in [0.5, 0.6) is 0 Å². The lowest BCUT2D eigenvalue weighted by Gasteiger charge is -2.13. The van der Waals surface area contributed by atoms with Crippen molar-refractivity contribution in [3.05, 3.63) is 35.9 Å².